The van der Waals surface area contributed by atoms with Gasteiger partial charge in [0.25, 0.3) is 0 Å². The van der Waals surface area contributed by atoms with E-state index in [0.717, 1.165) is 12.5 Å². The maximum Gasteiger partial charge on any atom is 0.223 e. The second-order valence-corrected chi connectivity index (χ2v) is 9.89. The Labute approximate surface area is 175 Å². The zero-order valence-corrected chi connectivity index (χ0v) is 17.9. The molecule has 4 heteroatoms. The molecule has 29 heavy (non-hydrogen) atoms. The first kappa shape index (κ1) is 19.6. The zero-order chi connectivity index (χ0) is 19.8. The van der Waals surface area contributed by atoms with E-state index < -0.39 is 0 Å². The lowest BCUT2D eigenvalue weighted by atomic mass is 9.60. The standard InChI is InChI=1S/C25H36N2O2/c1-29-16-15-27-23(28)17-19-18-25(22-10-6-5-9-21(22)24(19)27)11-13-26(14-12-25)20-7-3-2-4-8-20/h5-6,9-10,19-20,24H,2-4,7-8,11-18H2,1H3. The Bertz CT molecular complexity index is 734. The van der Waals surface area contributed by atoms with E-state index in [1.807, 2.05) is 0 Å². The minimum absolute atomic E-state index is 0.260. The summed E-state index contributed by atoms with van der Waals surface area (Å²) in [4.78, 5) is 17.8. The molecular formula is C25H36N2O2. The van der Waals surface area contributed by atoms with Gasteiger partial charge in [0.1, 0.15) is 0 Å². The van der Waals surface area contributed by atoms with Crippen LogP contribution < -0.4 is 0 Å². The molecule has 2 aliphatic carbocycles. The summed E-state index contributed by atoms with van der Waals surface area (Å²) in [6.07, 6.45) is 11.5. The fourth-order valence-corrected chi connectivity index (χ4v) is 7.01. The number of hydrogen-bond acceptors (Lipinski definition) is 3. The molecule has 3 fully saturated rings. The highest BCUT2D eigenvalue weighted by Gasteiger charge is 2.52. The predicted octanol–water partition coefficient (Wildman–Crippen LogP) is 4.29. The number of likely N-dealkylation sites (tertiary alicyclic amines) is 2. The molecule has 1 saturated carbocycles. The van der Waals surface area contributed by atoms with Gasteiger partial charge in [-0.1, -0.05) is 43.5 Å². The van der Waals surface area contributed by atoms with Crippen molar-refractivity contribution in [3.63, 3.8) is 0 Å². The van der Waals surface area contributed by atoms with Crippen LogP contribution in [-0.4, -0.2) is 55.1 Å². The van der Waals surface area contributed by atoms with Gasteiger partial charge in [-0.25, -0.2) is 0 Å². The van der Waals surface area contributed by atoms with Crippen molar-refractivity contribution in [2.75, 3.05) is 33.4 Å². The summed E-state index contributed by atoms with van der Waals surface area (Å²) >= 11 is 0. The number of rotatable bonds is 4. The normalized spacial score (nSPS) is 29.8. The Balaban J connectivity index is 1.40. The number of carbonyl (C=O) groups excluding carboxylic acids is 1. The molecule has 1 spiro atoms. The van der Waals surface area contributed by atoms with Crippen molar-refractivity contribution in [3.8, 4) is 0 Å². The average molecular weight is 397 g/mol. The number of benzene rings is 1. The molecule has 158 valence electrons. The fraction of sp³-hybridized carbons (Fsp3) is 0.720. The van der Waals surface area contributed by atoms with Gasteiger partial charge in [-0.05, 0) is 67.7 Å². The van der Waals surface area contributed by atoms with Gasteiger partial charge in [-0.3, -0.25) is 4.79 Å². The summed E-state index contributed by atoms with van der Waals surface area (Å²) in [5.41, 5.74) is 3.25. The van der Waals surface area contributed by atoms with Crippen molar-refractivity contribution >= 4 is 5.91 Å². The third-order valence-electron chi connectivity index (χ3n) is 8.43. The van der Waals surface area contributed by atoms with E-state index in [1.54, 1.807) is 12.7 Å². The third kappa shape index (κ3) is 3.42. The summed E-state index contributed by atoms with van der Waals surface area (Å²) in [5.74, 6) is 0.791. The molecule has 2 unspecified atom stereocenters. The molecule has 1 aromatic rings. The van der Waals surface area contributed by atoms with Crippen molar-refractivity contribution in [2.24, 2.45) is 5.92 Å². The smallest absolute Gasteiger partial charge is 0.223 e. The summed E-state index contributed by atoms with van der Waals surface area (Å²) in [6.45, 7) is 3.81. The number of fused-ring (bicyclic) bond motifs is 4. The molecule has 2 heterocycles. The molecule has 4 nitrogen and oxygen atoms in total. The van der Waals surface area contributed by atoms with Crippen LogP contribution in [0.2, 0.25) is 0 Å². The predicted molar refractivity (Wildman–Crippen MR) is 115 cm³/mol. The highest BCUT2D eigenvalue weighted by atomic mass is 16.5. The van der Waals surface area contributed by atoms with Crippen molar-refractivity contribution in [1.82, 2.24) is 9.80 Å². The van der Waals surface area contributed by atoms with Gasteiger partial charge in [0.05, 0.1) is 12.6 Å². The molecule has 2 atom stereocenters. The number of hydrogen-bond donors (Lipinski definition) is 0. The molecule has 0 aromatic heterocycles. The molecule has 0 radical (unpaired) electrons. The van der Waals surface area contributed by atoms with E-state index in [0.29, 0.717) is 25.0 Å². The Kier molecular flexibility index (Phi) is 5.42. The van der Waals surface area contributed by atoms with E-state index in [4.69, 9.17) is 4.74 Å². The Morgan fingerprint density at radius 2 is 1.86 bits per heavy atom. The van der Waals surface area contributed by atoms with E-state index in [-0.39, 0.29) is 11.5 Å². The van der Waals surface area contributed by atoms with Crippen LogP contribution in [0.5, 0.6) is 0 Å². The molecule has 4 aliphatic rings. The van der Waals surface area contributed by atoms with Gasteiger partial charge < -0.3 is 14.5 Å². The van der Waals surface area contributed by atoms with E-state index in [1.165, 1.54) is 70.0 Å². The molecule has 5 rings (SSSR count). The molecular weight excluding hydrogens is 360 g/mol. The van der Waals surface area contributed by atoms with Gasteiger partial charge in [-0.15, -0.1) is 0 Å². The topological polar surface area (TPSA) is 32.8 Å². The van der Waals surface area contributed by atoms with Crippen molar-refractivity contribution in [3.05, 3.63) is 35.4 Å². The minimum atomic E-state index is 0.260. The number of piperidine rings is 1. The van der Waals surface area contributed by atoms with Crippen LogP contribution in [0, 0.1) is 5.92 Å². The first-order valence-electron chi connectivity index (χ1n) is 11.8. The number of methoxy groups -OCH3 is 1. The second-order valence-electron chi connectivity index (χ2n) is 9.89. The quantitative estimate of drug-likeness (QED) is 0.761. The van der Waals surface area contributed by atoms with E-state index >= 15 is 0 Å². The SMILES string of the molecule is COCCN1C(=O)CC2CC3(CCN(C4CCCCC4)CC3)c3ccccc3C21. The van der Waals surface area contributed by atoms with Gasteiger partial charge >= 0.3 is 0 Å². The van der Waals surface area contributed by atoms with Crippen LogP contribution in [0.25, 0.3) is 0 Å². The Hall–Kier alpha value is -1.39. The van der Waals surface area contributed by atoms with Crippen molar-refractivity contribution in [2.45, 2.75) is 75.3 Å². The highest BCUT2D eigenvalue weighted by Crippen LogP contribution is 2.55. The van der Waals surface area contributed by atoms with Crippen molar-refractivity contribution < 1.29 is 9.53 Å². The molecule has 0 N–H and O–H groups in total. The highest BCUT2D eigenvalue weighted by molar-refractivity contribution is 5.80. The van der Waals surface area contributed by atoms with Crippen LogP contribution in [0.15, 0.2) is 24.3 Å². The summed E-state index contributed by atoms with van der Waals surface area (Å²) in [7, 11) is 1.72. The maximum atomic E-state index is 12.8. The largest absolute Gasteiger partial charge is 0.383 e. The Morgan fingerprint density at radius 1 is 1.10 bits per heavy atom. The lowest BCUT2D eigenvalue weighted by Gasteiger charge is -2.51. The number of amides is 1. The van der Waals surface area contributed by atoms with Gasteiger partial charge in [0.15, 0.2) is 0 Å². The van der Waals surface area contributed by atoms with Gasteiger partial charge in [-0.2, -0.15) is 0 Å². The van der Waals surface area contributed by atoms with Gasteiger partial charge in [0.2, 0.25) is 5.91 Å². The number of carbonyl (C=O) groups is 1. The summed E-state index contributed by atoms with van der Waals surface area (Å²) in [6, 6.07) is 10.1. The molecule has 0 bridgehead atoms. The van der Waals surface area contributed by atoms with Crippen LogP contribution >= 0.6 is 0 Å². The molecule has 2 saturated heterocycles. The second kappa shape index (κ2) is 8.03. The Morgan fingerprint density at radius 3 is 2.62 bits per heavy atom. The minimum Gasteiger partial charge on any atom is -0.383 e. The monoisotopic (exact) mass is 396 g/mol. The van der Waals surface area contributed by atoms with Crippen molar-refractivity contribution in [1.29, 1.82) is 0 Å². The lowest BCUT2D eigenvalue weighted by Crippen LogP contribution is -2.50. The van der Waals surface area contributed by atoms with E-state index in [9.17, 15) is 4.79 Å². The van der Waals surface area contributed by atoms with Crippen LogP contribution in [0.4, 0.5) is 0 Å². The maximum absolute atomic E-state index is 12.8. The van der Waals surface area contributed by atoms with Crippen LogP contribution in [0.1, 0.15) is 75.0 Å². The third-order valence-corrected chi connectivity index (χ3v) is 8.43. The summed E-state index contributed by atoms with van der Waals surface area (Å²) in [5, 5.41) is 0. The van der Waals surface area contributed by atoms with Crippen LogP contribution in [-0.2, 0) is 14.9 Å². The first-order valence-corrected chi connectivity index (χ1v) is 11.8. The number of ether oxygens (including phenoxy) is 1. The summed E-state index contributed by atoms with van der Waals surface area (Å²) < 4.78 is 5.30. The average Bonchev–Trinajstić information content (AvgIpc) is 3.08. The zero-order valence-electron chi connectivity index (χ0n) is 17.9. The molecule has 2 aliphatic heterocycles. The van der Waals surface area contributed by atoms with E-state index in [2.05, 4.69) is 34.1 Å². The molecule has 1 amide bonds. The fourth-order valence-electron chi connectivity index (χ4n) is 7.01. The van der Waals surface area contributed by atoms with Gasteiger partial charge in [0, 0.05) is 26.1 Å². The van der Waals surface area contributed by atoms with Crippen LogP contribution in [0.3, 0.4) is 0 Å². The lowest BCUT2D eigenvalue weighted by molar-refractivity contribution is -0.129. The number of nitrogens with zero attached hydrogens (tertiary/aromatic N) is 2. The first-order chi connectivity index (χ1) is 14.2. The molecule has 1 aromatic carbocycles.